The Morgan fingerprint density at radius 3 is 2.52 bits per heavy atom. The highest BCUT2D eigenvalue weighted by Gasteiger charge is 2.15. The van der Waals surface area contributed by atoms with Gasteiger partial charge in [0.05, 0.1) is 10.9 Å². The molecule has 0 bridgehead atoms. The van der Waals surface area contributed by atoms with Crippen molar-refractivity contribution in [3.8, 4) is 16.9 Å². The number of para-hydroxylation sites is 1. The van der Waals surface area contributed by atoms with Gasteiger partial charge in [-0.25, -0.2) is 4.79 Å². The van der Waals surface area contributed by atoms with Gasteiger partial charge in [-0.1, -0.05) is 59.3 Å². The van der Waals surface area contributed by atoms with Crippen molar-refractivity contribution in [2.75, 3.05) is 5.33 Å². The fourth-order valence-electron chi connectivity index (χ4n) is 2.75. The van der Waals surface area contributed by atoms with Crippen molar-refractivity contribution in [2.24, 2.45) is 0 Å². The predicted octanol–water partition coefficient (Wildman–Crippen LogP) is 4.67. The van der Waals surface area contributed by atoms with Crippen LogP contribution in [0.5, 0.6) is 5.75 Å². The van der Waals surface area contributed by atoms with Gasteiger partial charge in [0, 0.05) is 10.9 Å². The average Bonchev–Trinajstić information content (AvgIpc) is 2.56. The lowest BCUT2D eigenvalue weighted by Gasteiger charge is -2.09. The molecule has 118 valence electrons. The molecule has 0 aliphatic heterocycles. The number of hydrogen-bond acceptors (Lipinski definition) is 3. The minimum atomic E-state index is -0.471. The van der Waals surface area contributed by atoms with Gasteiger partial charge in [0.15, 0.2) is 0 Å². The molecule has 0 unspecified atom stereocenters. The second kappa shape index (κ2) is 6.59. The monoisotopic (exact) mass is 372 g/mol. The molecule has 3 rings (SSSR count). The zero-order valence-electron chi connectivity index (χ0n) is 12.8. The third-order valence-electron chi connectivity index (χ3n) is 4.00. The van der Waals surface area contributed by atoms with Crippen LogP contribution in [0.2, 0.25) is 0 Å². The van der Waals surface area contributed by atoms with Crippen molar-refractivity contribution in [2.45, 2.75) is 19.8 Å². The van der Waals surface area contributed by atoms with Gasteiger partial charge in [0.1, 0.15) is 11.3 Å². The van der Waals surface area contributed by atoms with Gasteiger partial charge in [0.25, 0.3) is 0 Å². The van der Waals surface area contributed by atoms with Crippen molar-refractivity contribution in [1.82, 2.24) is 0 Å². The van der Waals surface area contributed by atoms with Crippen molar-refractivity contribution >= 4 is 26.9 Å². The summed E-state index contributed by atoms with van der Waals surface area (Å²) in [5.74, 6) is 0.0245. The molecule has 0 radical (unpaired) electrons. The molecular weight excluding hydrogens is 356 g/mol. The number of alkyl halides is 1. The fraction of sp³-hybridized carbons (Fsp3) is 0.211. The molecule has 3 nitrogen and oxygen atoms in total. The lowest BCUT2D eigenvalue weighted by atomic mass is 10.00. The minimum Gasteiger partial charge on any atom is -0.507 e. The molecular formula is C19H17BrO3. The molecule has 4 heteroatoms. The van der Waals surface area contributed by atoms with Crippen LogP contribution in [0.3, 0.4) is 0 Å². The van der Waals surface area contributed by atoms with E-state index in [1.165, 1.54) is 5.56 Å². The molecule has 0 saturated heterocycles. The average molecular weight is 373 g/mol. The van der Waals surface area contributed by atoms with Crippen molar-refractivity contribution < 1.29 is 9.52 Å². The standard InChI is InChI=1S/C19H17BrO3/c1-2-14-17(21)16-5-3-4-15(18(16)23-19(14)22)13-8-6-12(7-9-13)10-11-20/h3-9,21H,2,10-11H2,1H3. The van der Waals surface area contributed by atoms with E-state index >= 15 is 0 Å². The molecule has 0 amide bonds. The summed E-state index contributed by atoms with van der Waals surface area (Å²) in [7, 11) is 0. The molecule has 0 spiro atoms. The highest BCUT2D eigenvalue weighted by molar-refractivity contribution is 9.09. The summed E-state index contributed by atoms with van der Waals surface area (Å²) in [6, 6.07) is 13.7. The highest BCUT2D eigenvalue weighted by atomic mass is 79.9. The van der Waals surface area contributed by atoms with Crippen LogP contribution in [0.15, 0.2) is 51.7 Å². The second-order valence-corrected chi connectivity index (χ2v) is 6.18. The van der Waals surface area contributed by atoms with Crippen LogP contribution >= 0.6 is 15.9 Å². The molecule has 1 aromatic heterocycles. The van der Waals surface area contributed by atoms with Gasteiger partial charge in [-0.2, -0.15) is 0 Å². The van der Waals surface area contributed by atoms with E-state index in [1.807, 2.05) is 31.2 Å². The number of hydrogen-bond donors (Lipinski definition) is 1. The smallest absolute Gasteiger partial charge is 0.343 e. The summed E-state index contributed by atoms with van der Waals surface area (Å²) in [6.45, 7) is 1.82. The SMILES string of the molecule is CCc1c(O)c2cccc(-c3ccc(CCBr)cc3)c2oc1=O. The molecule has 0 atom stereocenters. The van der Waals surface area contributed by atoms with Gasteiger partial charge in [-0.05, 0) is 30.0 Å². The van der Waals surface area contributed by atoms with Crippen LogP contribution in [-0.2, 0) is 12.8 Å². The molecule has 0 aliphatic rings. The fourth-order valence-corrected chi connectivity index (χ4v) is 3.20. The van der Waals surface area contributed by atoms with Crippen LogP contribution in [0, 0.1) is 0 Å². The Morgan fingerprint density at radius 1 is 1.13 bits per heavy atom. The Labute approximate surface area is 142 Å². The first-order valence-corrected chi connectivity index (χ1v) is 8.70. The van der Waals surface area contributed by atoms with Crippen LogP contribution in [0.1, 0.15) is 18.1 Å². The van der Waals surface area contributed by atoms with Crippen LogP contribution < -0.4 is 5.63 Å². The maximum Gasteiger partial charge on any atom is 0.343 e. The van der Waals surface area contributed by atoms with E-state index in [1.54, 1.807) is 6.07 Å². The van der Waals surface area contributed by atoms with Crippen LogP contribution in [0.4, 0.5) is 0 Å². The molecule has 0 saturated carbocycles. The second-order valence-electron chi connectivity index (χ2n) is 5.39. The van der Waals surface area contributed by atoms with Crippen LogP contribution in [-0.4, -0.2) is 10.4 Å². The third kappa shape index (κ3) is 2.91. The summed E-state index contributed by atoms with van der Waals surface area (Å²) in [5.41, 5.74) is 3.29. The number of halogens is 1. The first kappa shape index (κ1) is 15.8. The van der Waals surface area contributed by atoms with Crippen molar-refractivity contribution in [3.05, 3.63) is 64.0 Å². The predicted molar refractivity (Wildman–Crippen MR) is 96.5 cm³/mol. The van der Waals surface area contributed by atoms with Gasteiger partial charge in [-0.3, -0.25) is 0 Å². The third-order valence-corrected chi connectivity index (χ3v) is 4.40. The summed E-state index contributed by atoms with van der Waals surface area (Å²) in [4.78, 5) is 12.1. The normalized spacial score (nSPS) is 11.0. The lowest BCUT2D eigenvalue weighted by molar-refractivity contribution is 0.458. The highest BCUT2D eigenvalue weighted by Crippen LogP contribution is 2.33. The number of fused-ring (bicyclic) bond motifs is 1. The van der Waals surface area contributed by atoms with Gasteiger partial charge in [-0.15, -0.1) is 0 Å². The molecule has 1 heterocycles. The number of aryl methyl sites for hydroxylation is 1. The van der Waals surface area contributed by atoms with E-state index in [-0.39, 0.29) is 5.75 Å². The van der Waals surface area contributed by atoms with Gasteiger partial charge in [0.2, 0.25) is 0 Å². The maximum absolute atomic E-state index is 12.1. The van der Waals surface area contributed by atoms with E-state index < -0.39 is 5.63 Å². The van der Waals surface area contributed by atoms with E-state index in [9.17, 15) is 9.90 Å². The first-order chi connectivity index (χ1) is 11.2. The summed E-state index contributed by atoms with van der Waals surface area (Å²) >= 11 is 3.43. The summed E-state index contributed by atoms with van der Waals surface area (Å²) in [5, 5.41) is 11.8. The molecule has 3 aromatic rings. The lowest BCUT2D eigenvalue weighted by Crippen LogP contribution is -2.06. The number of benzene rings is 2. The Morgan fingerprint density at radius 2 is 1.87 bits per heavy atom. The van der Waals surface area contributed by atoms with E-state index in [0.717, 1.165) is 22.9 Å². The zero-order valence-corrected chi connectivity index (χ0v) is 14.4. The minimum absolute atomic E-state index is 0.0245. The number of aromatic hydroxyl groups is 1. The summed E-state index contributed by atoms with van der Waals surface area (Å²) in [6.07, 6.45) is 1.40. The largest absolute Gasteiger partial charge is 0.507 e. The Hall–Kier alpha value is -2.07. The quantitative estimate of drug-likeness (QED) is 0.534. The molecule has 0 aliphatic carbocycles. The Balaban J connectivity index is 2.20. The van der Waals surface area contributed by atoms with E-state index in [4.69, 9.17) is 4.42 Å². The van der Waals surface area contributed by atoms with E-state index in [2.05, 4.69) is 28.1 Å². The van der Waals surface area contributed by atoms with Crippen molar-refractivity contribution in [3.63, 3.8) is 0 Å². The zero-order chi connectivity index (χ0) is 16.4. The van der Waals surface area contributed by atoms with Crippen molar-refractivity contribution in [1.29, 1.82) is 0 Å². The Kier molecular flexibility index (Phi) is 4.53. The first-order valence-electron chi connectivity index (χ1n) is 7.58. The molecule has 23 heavy (non-hydrogen) atoms. The van der Waals surface area contributed by atoms with E-state index in [0.29, 0.717) is 23.0 Å². The topological polar surface area (TPSA) is 50.4 Å². The maximum atomic E-state index is 12.1. The molecule has 1 N–H and O–H groups in total. The van der Waals surface area contributed by atoms with Crippen LogP contribution in [0.25, 0.3) is 22.1 Å². The summed E-state index contributed by atoms with van der Waals surface area (Å²) < 4.78 is 5.50. The van der Waals surface area contributed by atoms with Gasteiger partial charge >= 0.3 is 5.63 Å². The van der Waals surface area contributed by atoms with Gasteiger partial charge < -0.3 is 9.52 Å². The number of rotatable bonds is 4. The Bertz CT molecular complexity index is 895. The molecule has 0 fully saturated rings. The molecule has 2 aromatic carbocycles.